The summed E-state index contributed by atoms with van der Waals surface area (Å²) < 4.78 is 5.49. The highest BCUT2D eigenvalue weighted by atomic mass is 16.5. The van der Waals surface area contributed by atoms with Crippen molar-refractivity contribution in [2.75, 3.05) is 13.7 Å². The van der Waals surface area contributed by atoms with Crippen molar-refractivity contribution in [1.82, 2.24) is 5.32 Å². The Balaban J connectivity index is 1.54. The largest absolute Gasteiger partial charge is 0.496 e. The summed E-state index contributed by atoms with van der Waals surface area (Å²) in [6.45, 7) is 0.295. The third-order valence-corrected chi connectivity index (χ3v) is 8.89. The zero-order valence-corrected chi connectivity index (χ0v) is 19.7. The van der Waals surface area contributed by atoms with E-state index in [1.807, 2.05) is 54.6 Å². The zero-order valence-electron chi connectivity index (χ0n) is 19.7. The van der Waals surface area contributed by atoms with Crippen molar-refractivity contribution >= 4 is 11.8 Å². The summed E-state index contributed by atoms with van der Waals surface area (Å²) in [5.74, 6) is -0.615. The maximum Gasteiger partial charge on any atom is 0.311 e. The van der Waals surface area contributed by atoms with Crippen LogP contribution in [0, 0.1) is 11.3 Å². The summed E-state index contributed by atoms with van der Waals surface area (Å²) in [6, 6.07) is 25.5. The molecule has 1 saturated carbocycles. The number of para-hydroxylation sites is 1. The molecule has 178 valence electrons. The average Bonchev–Trinajstić information content (AvgIpc) is 3.34. The second kappa shape index (κ2) is 8.06. The lowest BCUT2D eigenvalue weighted by molar-refractivity contribution is -0.158. The topological polar surface area (TPSA) is 75.6 Å². The summed E-state index contributed by atoms with van der Waals surface area (Å²) in [4.78, 5) is 27.1. The van der Waals surface area contributed by atoms with Gasteiger partial charge in [-0.15, -0.1) is 0 Å². The van der Waals surface area contributed by atoms with Gasteiger partial charge in [0.1, 0.15) is 5.75 Å². The molecule has 4 aliphatic rings. The van der Waals surface area contributed by atoms with Crippen LogP contribution < -0.4 is 10.1 Å². The molecule has 7 rings (SSSR count). The molecule has 3 aromatic carbocycles. The number of ether oxygens (including phenoxy) is 1. The number of Topliss-reactive ketones (excluding diaryl/α,β-unsaturated/α-hetero) is 1. The van der Waals surface area contributed by atoms with Crippen molar-refractivity contribution in [2.24, 2.45) is 11.3 Å². The molecule has 3 aromatic rings. The number of methoxy groups -OCH3 is 1. The van der Waals surface area contributed by atoms with Gasteiger partial charge < -0.3 is 15.2 Å². The second-order valence-electron chi connectivity index (χ2n) is 10.2. The maximum atomic E-state index is 14.0. The molecule has 1 saturated heterocycles. The van der Waals surface area contributed by atoms with E-state index in [1.165, 1.54) is 5.56 Å². The van der Waals surface area contributed by atoms with Gasteiger partial charge in [0.05, 0.1) is 18.6 Å². The van der Waals surface area contributed by atoms with Crippen LogP contribution in [0.5, 0.6) is 5.75 Å². The van der Waals surface area contributed by atoms with Crippen LogP contribution in [-0.2, 0) is 21.4 Å². The van der Waals surface area contributed by atoms with E-state index in [4.69, 9.17) is 4.74 Å². The third-order valence-electron chi connectivity index (χ3n) is 8.89. The Hall–Kier alpha value is -3.44. The quantitative estimate of drug-likeness (QED) is 0.564. The van der Waals surface area contributed by atoms with E-state index in [1.54, 1.807) is 7.11 Å². The number of rotatable bonds is 6. The Morgan fingerprint density at radius 2 is 1.71 bits per heavy atom. The third kappa shape index (κ3) is 2.91. The molecule has 1 aliphatic heterocycles. The molecule has 5 heteroatoms. The van der Waals surface area contributed by atoms with Crippen molar-refractivity contribution in [2.45, 2.75) is 36.6 Å². The first-order valence-corrected chi connectivity index (χ1v) is 12.3. The minimum atomic E-state index is -1.04. The molecule has 2 bridgehead atoms. The van der Waals surface area contributed by atoms with Gasteiger partial charge in [-0.3, -0.25) is 9.59 Å². The highest BCUT2D eigenvalue weighted by Gasteiger charge is 2.72. The maximum absolute atomic E-state index is 14.0. The predicted octanol–water partition coefficient (Wildman–Crippen LogP) is 4.34. The smallest absolute Gasteiger partial charge is 0.311 e. The Morgan fingerprint density at radius 1 is 1.00 bits per heavy atom. The van der Waals surface area contributed by atoms with Crippen molar-refractivity contribution in [3.63, 3.8) is 0 Å². The number of ketones is 1. The van der Waals surface area contributed by atoms with E-state index < -0.39 is 22.8 Å². The first-order chi connectivity index (χ1) is 17.0. The Bertz CT molecular complexity index is 1300. The molecule has 0 amide bonds. The zero-order chi connectivity index (χ0) is 24.2. The fourth-order valence-corrected chi connectivity index (χ4v) is 7.61. The average molecular weight is 468 g/mol. The number of benzene rings is 3. The number of nitrogens with one attached hydrogen (secondary N) is 1. The summed E-state index contributed by atoms with van der Waals surface area (Å²) in [5, 5.41) is 14.2. The molecule has 0 radical (unpaired) electrons. The highest BCUT2D eigenvalue weighted by molar-refractivity contribution is 5.91. The van der Waals surface area contributed by atoms with Crippen LogP contribution in [0.1, 0.15) is 41.0 Å². The minimum Gasteiger partial charge on any atom is -0.496 e. The summed E-state index contributed by atoms with van der Waals surface area (Å²) in [5.41, 5.74) is 2.65. The van der Waals surface area contributed by atoms with Crippen molar-refractivity contribution in [3.05, 3.63) is 101 Å². The van der Waals surface area contributed by atoms with Gasteiger partial charge >= 0.3 is 5.97 Å². The molecule has 5 atom stereocenters. The number of hydrogen-bond acceptors (Lipinski definition) is 4. The van der Waals surface area contributed by atoms with Crippen LogP contribution in [0.25, 0.3) is 0 Å². The number of fused-ring (bicyclic) bond motifs is 1. The molecule has 1 heterocycles. The molecular formula is C30H29NO4. The summed E-state index contributed by atoms with van der Waals surface area (Å²) >= 11 is 0. The second-order valence-corrected chi connectivity index (χ2v) is 10.2. The van der Waals surface area contributed by atoms with Gasteiger partial charge in [-0.05, 0) is 35.6 Å². The molecule has 2 N–H and O–H groups in total. The Kier molecular flexibility index (Phi) is 5.08. The van der Waals surface area contributed by atoms with Crippen LogP contribution in [0.2, 0.25) is 0 Å². The Morgan fingerprint density at radius 3 is 2.49 bits per heavy atom. The van der Waals surface area contributed by atoms with Gasteiger partial charge in [-0.25, -0.2) is 0 Å². The van der Waals surface area contributed by atoms with Crippen LogP contribution in [0.4, 0.5) is 0 Å². The summed E-state index contributed by atoms with van der Waals surface area (Å²) in [6.07, 6.45) is 1.83. The van der Waals surface area contributed by atoms with Gasteiger partial charge in [0.25, 0.3) is 0 Å². The van der Waals surface area contributed by atoms with Gasteiger partial charge in [0.2, 0.25) is 0 Å². The number of hydrogen-bond donors (Lipinski definition) is 2. The number of carboxylic acids is 1. The van der Waals surface area contributed by atoms with Gasteiger partial charge in [0.15, 0.2) is 5.78 Å². The van der Waals surface area contributed by atoms with E-state index in [2.05, 4.69) is 29.6 Å². The Labute approximate surface area is 205 Å². The SMILES string of the molecule is COc1ccccc1CC(=O)C1NCC2(C(=O)O)C3CCC(c4ccccc4)(c4ccccc43)C12. The monoisotopic (exact) mass is 467 g/mol. The van der Waals surface area contributed by atoms with E-state index in [-0.39, 0.29) is 24.0 Å². The molecule has 3 aliphatic carbocycles. The molecular weight excluding hydrogens is 438 g/mol. The lowest BCUT2D eigenvalue weighted by Gasteiger charge is -2.60. The van der Waals surface area contributed by atoms with Crippen molar-refractivity contribution in [1.29, 1.82) is 0 Å². The lowest BCUT2D eigenvalue weighted by atomic mass is 9.41. The highest BCUT2D eigenvalue weighted by Crippen LogP contribution is 2.69. The van der Waals surface area contributed by atoms with Gasteiger partial charge in [-0.1, -0.05) is 72.8 Å². The van der Waals surface area contributed by atoms with E-state index >= 15 is 0 Å². The number of carbonyl (C=O) groups is 2. The molecule has 2 fully saturated rings. The van der Waals surface area contributed by atoms with Crippen LogP contribution in [0.15, 0.2) is 78.9 Å². The number of carboxylic acid groups (broad SMARTS) is 1. The fraction of sp³-hybridized carbons (Fsp3) is 0.333. The fourth-order valence-electron chi connectivity index (χ4n) is 7.61. The van der Waals surface area contributed by atoms with Crippen LogP contribution >= 0.6 is 0 Å². The van der Waals surface area contributed by atoms with Gasteiger partial charge in [0, 0.05) is 35.8 Å². The van der Waals surface area contributed by atoms with Crippen molar-refractivity contribution in [3.8, 4) is 5.75 Å². The molecule has 35 heavy (non-hydrogen) atoms. The molecule has 5 nitrogen and oxygen atoms in total. The predicted molar refractivity (Wildman–Crippen MR) is 133 cm³/mol. The standard InChI is InChI=1S/C30H29NO4/c1-35-25-14-8-5-9-19(25)17-24(32)26-27-29(20-10-3-2-4-11-20)16-15-23(21-12-6-7-13-22(21)29)30(27,18-31-26)28(33)34/h2-14,23,26-27,31H,15-18H2,1H3,(H,33,34). The summed E-state index contributed by atoms with van der Waals surface area (Å²) in [7, 11) is 1.61. The molecule has 5 unspecified atom stereocenters. The van der Waals surface area contributed by atoms with E-state index in [0.717, 1.165) is 29.5 Å². The first kappa shape index (κ1) is 22.1. The van der Waals surface area contributed by atoms with E-state index in [0.29, 0.717) is 12.3 Å². The molecule has 0 spiro atoms. The van der Waals surface area contributed by atoms with Crippen LogP contribution in [-0.4, -0.2) is 36.6 Å². The number of carbonyl (C=O) groups excluding carboxylic acids is 1. The van der Waals surface area contributed by atoms with Gasteiger partial charge in [-0.2, -0.15) is 0 Å². The lowest BCUT2D eigenvalue weighted by Crippen LogP contribution is -2.62. The minimum absolute atomic E-state index is 0.0166. The van der Waals surface area contributed by atoms with Crippen LogP contribution in [0.3, 0.4) is 0 Å². The first-order valence-electron chi connectivity index (χ1n) is 12.3. The number of aliphatic carboxylic acids is 1. The van der Waals surface area contributed by atoms with E-state index in [9.17, 15) is 14.7 Å². The molecule has 0 aromatic heterocycles. The van der Waals surface area contributed by atoms with Crippen molar-refractivity contribution < 1.29 is 19.4 Å². The normalized spacial score (nSPS) is 30.4.